The maximum atomic E-state index is 6.03. The van der Waals surface area contributed by atoms with Gasteiger partial charge in [0, 0.05) is 16.6 Å². The lowest BCUT2D eigenvalue weighted by Gasteiger charge is -2.09. The molecule has 0 fully saturated rings. The minimum Gasteiger partial charge on any atom is -0.357 e. The normalized spacial score (nSPS) is 12.9. The van der Waals surface area contributed by atoms with Crippen LogP contribution < -0.4 is 15.8 Å². The number of halogens is 1. The minimum atomic E-state index is 0.485. The zero-order valence-corrected chi connectivity index (χ0v) is 10.0. The fraction of sp³-hybridized carbons (Fsp3) is 0.0667. The molecule has 3 rings (SSSR count). The predicted molar refractivity (Wildman–Crippen MR) is 73.5 cm³/mol. The van der Waals surface area contributed by atoms with E-state index in [-0.39, 0.29) is 0 Å². The summed E-state index contributed by atoms with van der Waals surface area (Å²) in [7, 11) is 0. The van der Waals surface area contributed by atoms with Gasteiger partial charge in [-0.15, -0.1) is 11.6 Å². The average Bonchev–Trinajstić information content (AvgIpc) is 2.54. The molecule has 0 saturated carbocycles. The van der Waals surface area contributed by atoms with Crippen molar-refractivity contribution in [2.24, 2.45) is 0 Å². The smallest absolute Gasteiger partial charge is 0.0631 e. The highest BCUT2D eigenvalue weighted by molar-refractivity contribution is 6.22. The number of alkyl halides is 1. The Kier molecular flexibility index (Phi) is 2.62. The molecule has 1 N–H and O–H groups in total. The van der Waals surface area contributed by atoms with Gasteiger partial charge in [-0.05, 0) is 22.9 Å². The molecule has 0 amide bonds. The van der Waals surface area contributed by atoms with Crippen molar-refractivity contribution in [2.75, 3.05) is 11.2 Å². The fourth-order valence-electron chi connectivity index (χ4n) is 2.14. The molecule has 0 radical (unpaired) electrons. The highest BCUT2D eigenvalue weighted by Gasteiger charge is 2.06. The summed E-state index contributed by atoms with van der Waals surface area (Å²) in [6.07, 6.45) is 2.19. The van der Waals surface area contributed by atoms with E-state index in [1.54, 1.807) is 0 Å². The molecule has 0 bridgehead atoms. The monoisotopic (exact) mass is 241 g/mol. The van der Waals surface area contributed by atoms with Crippen molar-refractivity contribution >= 4 is 29.1 Å². The number of rotatable bonds is 1. The average molecular weight is 242 g/mol. The van der Waals surface area contributed by atoms with Crippen molar-refractivity contribution in [3.05, 3.63) is 64.5 Å². The van der Waals surface area contributed by atoms with E-state index in [1.165, 1.54) is 16.0 Å². The molecule has 0 aliphatic carbocycles. The van der Waals surface area contributed by atoms with E-state index >= 15 is 0 Å². The first-order valence-electron chi connectivity index (χ1n) is 5.60. The Hall–Kier alpha value is -1.73. The number of anilines is 1. The summed E-state index contributed by atoms with van der Waals surface area (Å²) >= 11 is 6.03. The van der Waals surface area contributed by atoms with E-state index in [2.05, 4.69) is 41.7 Å². The maximum Gasteiger partial charge on any atom is 0.0631 e. The maximum absolute atomic E-state index is 6.03. The molecule has 0 spiro atoms. The lowest BCUT2D eigenvalue weighted by atomic mass is 10.1. The Morgan fingerprint density at radius 2 is 1.71 bits per heavy atom. The quantitative estimate of drug-likeness (QED) is 0.756. The van der Waals surface area contributed by atoms with Gasteiger partial charge in [-0.25, -0.2) is 0 Å². The SMILES string of the molecule is ClCC1=c2ccccc2=Cc2ccccc2N1. The lowest BCUT2D eigenvalue weighted by Crippen LogP contribution is -2.28. The molecule has 0 atom stereocenters. The summed E-state index contributed by atoms with van der Waals surface area (Å²) in [6, 6.07) is 16.6. The Morgan fingerprint density at radius 3 is 2.59 bits per heavy atom. The van der Waals surface area contributed by atoms with Crippen molar-refractivity contribution in [3.8, 4) is 0 Å². The van der Waals surface area contributed by atoms with Crippen LogP contribution in [0.2, 0.25) is 0 Å². The van der Waals surface area contributed by atoms with Crippen LogP contribution in [-0.2, 0) is 0 Å². The Morgan fingerprint density at radius 1 is 0.941 bits per heavy atom. The largest absolute Gasteiger partial charge is 0.357 e. The number of hydrogen-bond acceptors (Lipinski definition) is 1. The van der Waals surface area contributed by atoms with Crippen molar-refractivity contribution in [3.63, 3.8) is 0 Å². The summed E-state index contributed by atoms with van der Waals surface area (Å²) in [5.74, 6) is 0.485. The summed E-state index contributed by atoms with van der Waals surface area (Å²) in [5, 5.41) is 5.81. The number of nitrogens with one attached hydrogen (secondary N) is 1. The first kappa shape index (κ1) is 10.4. The molecule has 1 heterocycles. The van der Waals surface area contributed by atoms with Gasteiger partial charge in [-0.1, -0.05) is 42.5 Å². The van der Waals surface area contributed by atoms with Gasteiger partial charge in [0.2, 0.25) is 0 Å². The molecule has 2 heteroatoms. The van der Waals surface area contributed by atoms with E-state index in [0.717, 1.165) is 11.4 Å². The van der Waals surface area contributed by atoms with Gasteiger partial charge < -0.3 is 5.32 Å². The standard InChI is InChI=1S/C15H12ClN/c16-10-15-13-7-3-1-5-11(13)9-12-6-2-4-8-14(12)17-15/h1-9,17H,10H2. The van der Waals surface area contributed by atoms with E-state index in [0.29, 0.717) is 5.88 Å². The molecule has 1 aliphatic rings. The number of benzene rings is 2. The van der Waals surface area contributed by atoms with Crippen LogP contribution >= 0.6 is 11.6 Å². The second kappa shape index (κ2) is 4.27. The zero-order chi connectivity index (χ0) is 11.7. The molecule has 2 aromatic carbocycles. The number of para-hydroxylation sites is 1. The predicted octanol–water partition coefficient (Wildman–Crippen LogP) is 2.29. The van der Waals surface area contributed by atoms with Gasteiger partial charge in [0.15, 0.2) is 0 Å². The number of hydrogen-bond donors (Lipinski definition) is 1. The second-order valence-electron chi connectivity index (χ2n) is 4.06. The van der Waals surface area contributed by atoms with Gasteiger partial charge in [-0.3, -0.25) is 0 Å². The Labute approximate surface area is 105 Å². The molecule has 1 nitrogen and oxygen atoms in total. The molecule has 1 aliphatic heterocycles. The topological polar surface area (TPSA) is 12.0 Å². The van der Waals surface area contributed by atoms with Crippen LogP contribution in [0, 0.1) is 0 Å². The van der Waals surface area contributed by atoms with Gasteiger partial charge in [0.25, 0.3) is 0 Å². The summed E-state index contributed by atoms with van der Waals surface area (Å²) in [6.45, 7) is 0. The molecule has 84 valence electrons. The molecular weight excluding hydrogens is 230 g/mol. The van der Waals surface area contributed by atoms with Crippen LogP contribution in [0.5, 0.6) is 0 Å². The second-order valence-corrected chi connectivity index (χ2v) is 4.32. The van der Waals surface area contributed by atoms with Crippen LogP contribution in [0.3, 0.4) is 0 Å². The minimum absolute atomic E-state index is 0.485. The fourth-order valence-corrected chi connectivity index (χ4v) is 2.35. The van der Waals surface area contributed by atoms with Crippen molar-refractivity contribution in [2.45, 2.75) is 0 Å². The third kappa shape index (κ3) is 1.83. The summed E-state index contributed by atoms with van der Waals surface area (Å²) in [5.41, 5.74) is 3.36. The van der Waals surface area contributed by atoms with E-state index in [4.69, 9.17) is 11.6 Å². The summed E-state index contributed by atoms with van der Waals surface area (Å²) in [4.78, 5) is 0. The summed E-state index contributed by atoms with van der Waals surface area (Å²) < 4.78 is 0. The van der Waals surface area contributed by atoms with Gasteiger partial charge in [0.1, 0.15) is 0 Å². The molecule has 2 aromatic rings. The first-order valence-corrected chi connectivity index (χ1v) is 6.14. The van der Waals surface area contributed by atoms with Crippen LogP contribution in [0.15, 0.2) is 48.5 Å². The molecule has 0 unspecified atom stereocenters. The van der Waals surface area contributed by atoms with Crippen LogP contribution in [0.4, 0.5) is 5.69 Å². The molecule has 17 heavy (non-hydrogen) atoms. The lowest BCUT2D eigenvalue weighted by molar-refractivity contribution is 1.45. The van der Waals surface area contributed by atoms with E-state index in [1.807, 2.05) is 18.2 Å². The van der Waals surface area contributed by atoms with Crippen LogP contribution in [0.1, 0.15) is 5.56 Å². The third-order valence-corrected chi connectivity index (χ3v) is 3.24. The van der Waals surface area contributed by atoms with Crippen molar-refractivity contribution in [1.29, 1.82) is 0 Å². The Bertz CT molecular complexity index is 673. The zero-order valence-electron chi connectivity index (χ0n) is 9.28. The van der Waals surface area contributed by atoms with Crippen LogP contribution in [-0.4, -0.2) is 5.88 Å². The molecule has 0 saturated heterocycles. The highest BCUT2D eigenvalue weighted by Crippen LogP contribution is 2.19. The molecule has 0 aromatic heterocycles. The Balaban J connectivity index is 2.38. The van der Waals surface area contributed by atoms with Crippen LogP contribution in [0.25, 0.3) is 11.8 Å². The van der Waals surface area contributed by atoms with Gasteiger partial charge in [0.05, 0.1) is 5.88 Å². The van der Waals surface area contributed by atoms with E-state index < -0.39 is 0 Å². The van der Waals surface area contributed by atoms with E-state index in [9.17, 15) is 0 Å². The first-order chi connectivity index (χ1) is 8.38. The third-order valence-electron chi connectivity index (χ3n) is 2.98. The molecular formula is C15H12ClN. The van der Waals surface area contributed by atoms with Gasteiger partial charge in [-0.2, -0.15) is 0 Å². The van der Waals surface area contributed by atoms with Crippen molar-refractivity contribution < 1.29 is 0 Å². The van der Waals surface area contributed by atoms with Gasteiger partial charge >= 0.3 is 0 Å². The van der Waals surface area contributed by atoms with Crippen molar-refractivity contribution in [1.82, 2.24) is 0 Å². The number of fused-ring (bicyclic) bond motifs is 2. The highest BCUT2D eigenvalue weighted by atomic mass is 35.5.